The van der Waals surface area contributed by atoms with Gasteiger partial charge >= 0.3 is 0 Å². The largest absolute Gasteiger partial charge is 0.469 e. The summed E-state index contributed by atoms with van der Waals surface area (Å²) in [5, 5.41) is 0. The Bertz CT molecular complexity index is 381. The Labute approximate surface area is 149 Å². The molecular weight excluding hydrogens is 296 g/mol. The summed E-state index contributed by atoms with van der Waals surface area (Å²) >= 11 is 0. The van der Waals surface area contributed by atoms with Crippen molar-refractivity contribution in [2.24, 2.45) is 0 Å². The molecule has 0 aliphatic rings. The van der Waals surface area contributed by atoms with E-state index >= 15 is 0 Å². The summed E-state index contributed by atoms with van der Waals surface area (Å²) in [6.45, 7) is 2.24. The lowest BCUT2D eigenvalue weighted by atomic mass is 10.0. The monoisotopic (exact) mass is 334 g/mol. The van der Waals surface area contributed by atoms with Gasteiger partial charge in [0.2, 0.25) is 0 Å². The minimum absolute atomic E-state index is 0.490. The van der Waals surface area contributed by atoms with Crippen LogP contribution in [0.2, 0.25) is 0 Å². The van der Waals surface area contributed by atoms with E-state index in [2.05, 4.69) is 13.0 Å². The first kappa shape index (κ1) is 21.0. The lowest BCUT2D eigenvalue weighted by Gasteiger charge is -2.03. The van der Waals surface area contributed by atoms with E-state index in [0.717, 1.165) is 37.9 Å². The van der Waals surface area contributed by atoms with Crippen LogP contribution in [0.1, 0.15) is 109 Å². The molecule has 138 valence electrons. The third kappa shape index (κ3) is 12.4. The van der Waals surface area contributed by atoms with Crippen molar-refractivity contribution in [3.63, 3.8) is 0 Å². The number of carbonyl (C=O) groups excluding carboxylic acids is 1. The molecular formula is C22H38O2. The van der Waals surface area contributed by atoms with Crippen LogP contribution in [-0.4, -0.2) is 5.78 Å². The van der Waals surface area contributed by atoms with Gasteiger partial charge in [0.05, 0.1) is 6.26 Å². The van der Waals surface area contributed by atoms with Crippen molar-refractivity contribution < 1.29 is 9.21 Å². The van der Waals surface area contributed by atoms with Crippen LogP contribution in [0.4, 0.5) is 0 Å². The van der Waals surface area contributed by atoms with E-state index in [0.29, 0.717) is 5.78 Å². The summed E-state index contributed by atoms with van der Waals surface area (Å²) in [5.41, 5.74) is 0. The Morgan fingerprint density at radius 3 is 1.88 bits per heavy atom. The number of ketones is 1. The summed E-state index contributed by atoms with van der Waals surface area (Å²) < 4.78 is 5.34. The van der Waals surface area contributed by atoms with Gasteiger partial charge in [-0.2, -0.15) is 0 Å². The molecule has 0 aliphatic carbocycles. The fraction of sp³-hybridized carbons (Fsp3) is 0.773. The zero-order valence-corrected chi connectivity index (χ0v) is 15.9. The maximum absolute atomic E-state index is 11.8. The molecule has 0 atom stereocenters. The molecule has 0 radical (unpaired) electrons. The highest BCUT2D eigenvalue weighted by atomic mass is 16.3. The van der Waals surface area contributed by atoms with Gasteiger partial charge in [0.1, 0.15) is 11.5 Å². The summed E-state index contributed by atoms with van der Waals surface area (Å²) in [6, 6.07) is 4.02. The van der Waals surface area contributed by atoms with Crippen molar-refractivity contribution in [2.75, 3.05) is 0 Å². The third-order valence-corrected chi connectivity index (χ3v) is 4.77. The second-order valence-electron chi connectivity index (χ2n) is 7.11. The first-order chi connectivity index (χ1) is 11.8. The predicted molar refractivity (Wildman–Crippen MR) is 102 cm³/mol. The summed E-state index contributed by atoms with van der Waals surface area (Å²) in [6.07, 6.45) is 20.8. The van der Waals surface area contributed by atoms with Crippen LogP contribution in [0, 0.1) is 0 Å². The average Bonchev–Trinajstić information content (AvgIpc) is 3.10. The minimum Gasteiger partial charge on any atom is -0.469 e. The molecule has 2 heteroatoms. The molecule has 0 spiro atoms. The molecule has 2 nitrogen and oxygen atoms in total. The molecule has 0 amide bonds. The molecule has 1 aromatic heterocycles. The fourth-order valence-electron chi connectivity index (χ4n) is 3.19. The number of carbonyl (C=O) groups is 1. The number of unbranched alkanes of at least 4 members (excludes halogenated alkanes) is 11. The van der Waals surface area contributed by atoms with Gasteiger partial charge < -0.3 is 4.42 Å². The first-order valence-electron chi connectivity index (χ1n) is 10.4. The molecule has 0 unspecified atom stereocenters. The van der Waals surface area contributed by atoms with Crippen LogP contribution in [-0.2, 0) is 11.2 Å². The second-order valence-corrected chi connectivity index (χ2v) is 7.11. The number of hydrogen-bond donors (Lipinski definition) is 0. The van der Waals surface area contributed by atoms with Gasteiger partial charge in [0.25, 0.3) is 0 Å². The van der Waals surface area contributed by atoms with E-state index in [1.54, 1.807) is 6.26 Å². The zero-order chi connectivity index (χ0) is 17.3. The highest BCUT2D eigenvalue weighted by Gasteiger charge is 2.02. The molecule has 24 heavy (non-hydrogen) atoms. The van der Waals surface area contributed by atoms with Crippen LogP contribution in [0.25, 0.3) is 0 Å². The summed E-state index contributed by atoms with van der Waals surface area (Å²) in [4.78, 5) is 11.8. The Balaban J connectivity index is 1.77. The van der Waals surface area contributed by atoms with Crippen molar-refractivity contribution in [3.8, 4) is 0 Å². The smallest absolute Gasteiger partial charge is 0.132 e. The van der Waals surface area contributed by atoms with Gasteiger partial charge in [-0.25, -0.2) is 0 Å². The van der Waals surface area contributed by atoms with Crippen LogP contribution >= 0.6 is 0 Å². The Morgan fingerprint density at radius 1 is 0.792 bits per heavy atom. The number of Topliss-reactive ketones (excluding diaryl/α,β-unsaturated/α-hetero) is 1. The third-order valence-electron chi connectivity index (χ3n) is 4.77. The topological polar surface area (TPSA) is 30.2 Å². The molecule has 1 aromatic rings. The maximum Gasteiger partial charge on any atom is 0.132 e. The fourth-order valence-corrected chi connectivity index (χ4v) is 3.19. The van der Waals surface area contributed by atoms with Crippen molar-refractivity contribution >= 4 is 5.78 Å². The van der Waals surface area contributed by atoms with Gasteiger partial charge in [-0.05, 0) is 31.4 Å². The van der Waals surface area contributed by atoms with E-state index in [1.165, 1.54) is 70.6 Å². The molecule has 0 aliphatic heterocycles. The van der Waals surface area contributed by atoms with E-state index in [1.807, 2.05) is 6.07 Å². The number of rotatable bonds is 17. The molecule has 0 aromatic carbocycles. The number of aryl methyl sites for hydroxylation is 1. The normalized spacial score (nSPS) is 11.0. The van der Waals surface area contributed by atoms with Gasteiger partial charge in [0.15, 0.2) is 0 Å². The highest BCUT2D eigenvalue weighted by molar-refractivity contribution is 5.78. The van der Waals surface area contributed by atoms with E-state index in [4.69, 9.17) is 4.42 Å². The second kappa shape index (κ2) is 15.5. The summed E-state index contributed by atoms with van der Waals surface area (Å²) in [7, 11) is 0. The van der Waals surface area contributed by atoms with Gasteiger partial charge in [-0.3, -0.25) is 4.79 Å². The van der Waals surface area contributed by atoms with Crippen LogP contribution < -0.4 is 0 Å². The highest BCUT2D eigenvalue weighted by Crippen LogP contribution is 2.13. The minimum atomic E-state index is 0.490. The van der Waals surface area contributed by atoms with Crippen molar-refractivity contribution in [1.29, 1.82) is 0 Å². The molecule has 0 N–H and O–H groups in total. The van der Waals surface area contributed by atoms with Crippen LogP contribution in [0.5, 0.6) is 0 Å². The Kier molecular flexibility index (Phi) is 13.5. The lowest BCUT2D eigenvalue weighted by Crippen LogP contribution is -1.97. The standard InChI is InChI=1S/C22H38O2/c1-2-3-4-5-9-12-16-21(23)17-13-10-7-6-8-11-14-18-22-19-15-20-24-22/h15,19-20H,2-14,16-18H2,1H3. The zero-order valence-electron chi connectivity index (χ0n) is 15.9. The molecule has 1 heterocycles. The predicted octanol–water partition coefficient (Wildman–Crippen LogP) is 7.26. The van der Waals surface area contributed by atoms with Crippen LogP contribution in [0.3, 0.4) is 0 Å². The van der Waals surface area contributed by atoms with Gasteiger partial charge in [-0.1, -0.05) is 71.1 Å². The SMILES string of the molecule is CCCCCCCCC(=O)CCCCCCCCCc1ccco1. The Morgan fingerprint density at radius 2 is 1.33 bits per heavy atom. The Hall–Kier alpha value is -1.05. The van der Waals surface area contributed by atoms with Crippen LogP contribution in [0.15, 0.2) is 22.8 Å². The van der Waals surface area contributed by atoms with E-state index in [-0.39, 0.29) is 0 Å². The number of hydrogen-bond acceptors (Lipinski definition) is 2. The van der Waals surface area contributed by atoms with Crippen molar-refractivity contribution in [2.45, 2.75) is 110 Å². The summed E-state index contributed by atoms with van der Waals surface area (Å²) in [5.74, 6) is 1.60. The van der Waals surface area contributed by atoms with Gasteiger partial charge in [0, 0.05) is 19.3 Å². The lowest BCUT2D eigenvalue weighted by molar-refractivity contribution is -0.119. The molecule has 0 saturated heterocycles. The first-order valence-corrected chi connectivity index (χ1v) is 10.4. The van der Waals surface area contributed by atoms with Gasteiger partial charge in [-0.15, -0.1) is 0 Å². The maximum atomic E-state index is 11.8. The average molecular weight is 335 g/mol. The molecule has 1 rings (SSSR count). The quantitative estimate of drug-likeness (QED) is 0.280. The molecule has 0 saturated carbocycles. The molecule has 0 bridgehead atoms. The van der Waals surface area contributed by atoms with Crippen molar-refractivity contribution in [1.82, 2.24) is 0 Å². The van der Waals surface area contributed by atoms with E-state index in [9.17, 15) is 4.79 Å². The van der Waals surface area contributed by atoms with E-state index < -0.39 is 0 Å². The van der Waals surface area contributed by atoms with Crippen molar-refractivity contribution in [3.05, 3.63) is 24.2 Å². The number of furan rings is 1. The molecule has 0 fully saturated rings.